The van der Waals surface area contributed by atoms with E-state index in [1.165, 1.54) is 19.2 Å². The Morgan fingerprint density at radius 1 is 1.14 bits per heavy atom. The van der Waals surface area contributed by atoms with E-state index in [1.807, 2.05) is 12.1 Å². The van der Waals surface area contributed by atoms with Gasteiger partial charge in [0.05, 0.1) is 18.4 Å². The quantitative estimate of drug-likeness (QED) is 0.655. The summed E-state index contributed by atoms with van der Waals surface area (Å²) in [5, 5.41) is 12.6. The molecular weight excluding hydrogens is 470 g/mol. The van der Waals surface area contributed by atoms with E-state index in [-0.39, 0.29) is 11.3 Å². The van der Waals surface area contributed by atoms with Gasteiger partial charge >= 0.3 is 0 Å². The third-order valence-electron chi connectivity index (χ3n) is 2.69. The Kier molecular flexibility index (Phi) is 5.29. The monoisotopic (exact) mass is 477 g/mol. The molecule has 0 radical (unpaired) electrons. The molecule has 7 heteroatoms. The number of carbonyl (C=O) groups excluding carboxylic acids is 1. The van der Waals surface area contributed by atoms with Crippen molar-refractivity contribution in [2.75, 3.05) is 12.4 Å². The Bertz CT molecular complexity index is 681. The zero-order chi connectivity index (χ0) is 15.6. The van der Waals surface area contributed by atoms with Crippen molar-refractivity contribution in [3.8, 4) is 11.5 Å². The van der Waals surface area contributed by atoms with E-state index >= 15 is 0 Å². The molecule has 110 valence electrons. The number of phenols is 1. The van der Waals surface area contributed by atoms with Crippen molar-refractivity contribution in [1.29, 1.82) is 0 Å². The lowest BCUT2D eigenvalue weighted by Gasteiger charge is -2.11. The highest BCUT2D eigenvalue weighted by Crippen LogP contribution is 2.35. The molecule has 0 aliphatic carbocycles. The van der Waals surface area contributed by atoms with Gasteiger partial charge < -0.3 is 15.2 Å². The van der Waals surface area contributed by atoms with Crippen molar-refractivity contribution in [3.05, 3.63) is 49.3 Å². The van der Waals surface area contributed by atoms with Crippen molar-refractivity contribution in [3.63, 3.8) is 0 Å². The molecule has 2 rings (SSSR count). The van der Waals surface area contributed by atoms with Gasteiger partial charge in [-0.15, -0.1) is 0 Å². The number of halogens is 3. The van der Waals surface area contributed by atoms with Crippen molar-refractivity contribution in [1.82, 2.24) is 0 Å². The molecule has 0 spiro atoms. The molecule has 21 heavy (non-hydrogen) atoms. The number of aromatic hydroxyl groups is 1. The lowest BCUT2D eigenvalue weighted by atomic mass is 10.1. The number of carbonyl (C=O) groups is 1. The van der Waals surface area contributed by atoms with Crippen LogP contribution in [0.3, 0.4) is 0 Å². The maximum atomic E-state index is 12.3. The standard InChI is InChI=1S/C14H10Br3NO3/c1-21-8-2-3-9(12(19)6-8)14(20)18-13-10(16)4-7(15)5-11(13)17/h2-6,19H,1H3,(H,18,20). The van der Waals surface area contributed by atoms with E-state index in [0.717, 1.165) is 4.47 Å². The number of hydrogen-bond donors (Lipinski definition) is 2. The molecule has 0 bridgehead atoms. The summed E-state index contributed by atoms with van der Waals surface area (Å²) < 4.78 is 7.28. The third-order valence-corrected chi connectivity index (χ3v) is 4.40. The maximum Gasteiger partial charge on any atom is 0.259 e. The fourth-order valence-electron chi connectivity index (χ4n) is 1.67. The zero-order valence-electron chi connectivity index (χ0n) is 10.8. The van der Waals surface area contributed by atoms with Crippen molar-refractivity contribution in [2.24, 2.45) is 0 Å². The van der Waals surface area contributed by atoms with E-state index < -0.39 is 5.91 Å². The van der Waals surface area contributed by atoms with Gasteiger partial charge in [-0.3, -0.25) is 4.79 Å². The van der Waals surface area contributed by atoms with Gasteiger partial charge in [-0.1, -0.05) is 15.9 Å². The largest absolute Gasteiger partial charge is 0.507 e. The molecule has 2 N–H and O–H groups in total. The number of phenolic OH excluding ortho intramolecular Hbond substituents is 1. The van der Waals surface area contributed by atoms with E-state index in [1.54, 1.807) is 6.07 Å². The molecule has 4 nitrogen and oxygen atoms in total. The number of benzene rings is 2. The number of amides is 1. The molecule has 0 fully saturated rings. The van der Waals surface area contributed by atoms with E-state index in [2.05, 4.69) is 53.1 Å². The first-order valence-corrected chi connectivity index (χ1v) is 8.13. The van der Waals surface area contributed by atoms with Gasteiger partial charge in [-0.25, -0.2) is 0 Å². The lowest BCUT2D eigenvalue weighted by Crippen LogP contribution is -2.13. The molecule has 2 aromatic rings. The topological polar surface area (TPSA) is 58.6 Å². The molecule has 0 aliphatic heterocycles. The average molecular weight is 480 g/mol. The molecule has 0 aliphatic rings. The molecular formula is C14H10Br3NO3. The first-order valence-electron chi connectivity index (χ1n) is 5.75. The smallest absolute Gasteiger partial charge is 0.259 e. The van der Waals surface area contributed by atoms with Crippen LogP contribution in [0.25, 0.3) is 0 Å². The Hall–Kier alpha value is -1.05. The number of anilines is 1. The van der Waals surface area contributed by atoms with Gasteiger partial charge in [0.1, 0.15) is 11.5 Å². The molecule has 0 atom stereocenters. The van der Waals surface area contributed by atoms with Crippen molar-refractivity contribution in [2.45, 2.75) is 0 Å². The Morgan fingerprint density at radius 3 is 2.29 bits per heavy atom. The minimum Gasteiger partial charge on any atom is -0.507 e. The molecule has 0 unspecified atom stereocenters. The second-order valence-corrected chi connectivity index (χ2v) is 6.71. The fourth-order valence-corrected chi connectivity index (χ4v) is 4.13. The van der Waals surface area contributed by atoms with Crippen LogP contribution in [0.4, 0.5) is 5.69 Å². The second-order valence-electron chi connectivity index (χ2n) is 4.08. The van der Waals surface area contributed by atoms with Gasteiger partial charge in [0.15, 0.2) is 0 Å². The van der Waals surface area contributed by atoms with Crippen LogP contribution >= 0.6 is 47.8 Å². The second kappa shape index (κ2) is 6.81. The zero-order valence-corrected chi connectivity index (χ0v) is 15.5. The molecule has 0 saturated heterocycles. The van der Waals surface area contributed by atoms with Crippen LogP contribution in [0, 0.1) is 0 Å². The lowest BCUT2D eigenvalue weighted by molar-refractivity contribution is 0.102. The maximum absolute atomic E-state index is 12.3. The Labute approximate surface area is 146 Å². The van der Waals surface area contributed by atoms with Crippen LogP contribution in [-0.4, -0.2) is 18.1 Å². The normalized spacial score (nSPS) is 10.3. The van der Waals surface area contributed by atoms with Crippen LogP contribution in [0.1, 0.15) is 10.4 Å². The number of hydrogen-bond acceptors (Lipinski definition) is 3. The summed E-state index contributed by atoms with van der Waals surface area (Å²) in [6.45, 7) is 0. The SMILES string of the molecule is COc1ccc(C(=O)Nc2c(Br)cc(Br)cc2Br)c(O)c1. The van der Waals surface area contributed by atoms with Gasteiger partial charge in [-0.05, 0) is 56.1 Å². The summed E-state index contributed by atoms with van der Waals surface area (Å²) >= 11 is 10.1. The van der Waals surface area contributed by atoms with Gasteiger partial charge in [0, 0.05) is 19.5 Å². The Morgan fingerprint density at radius 2 is 1.76 bits per heavy atom. The van der Waals surface area contributed by atoms with E-state index in [0.29, 0.717) is 20.4 Å². The number of rotatable bonds is 3. The van der Waals surface area contributed by atoms with Gasteiger partial charge in [-0.2, -0.15) is 0 Å². The highest BCUT2D eigenvalue weighted by molar-refractivity contribution is 9.11. The van der Waals surface area contributed by atoms with Crippen LogP contribution in [0.2, 0.25) is 0 Å². The fraction of sp³-hybridized carbons (Fsp3) is 0.0714. The summed E-state index contributed by atoms with van der Waals surface area (Å²) in [6, 6.07) is 8.13. The summed E-state index contributed by atoms with van der Waals surface area (Å²) in [5.41, 5.74) is 0.746. The molecule has 0 heterocycles. The predicted octanol–water partition coefficient (Wildman–Crippen LogP) is 4.94. The summed E-state index contributed by atoms with van der Waals surface area (Å²) in [4.78, 5) is 12.3. The van der Waals surface area contributed by atoms with Crippen LogP contribution in [0.5, 0.6) is 11.5 Å². The number of nitrogens with one attached hydrogen (secondary N) is 1. The minimum absolute atomic E-state index is 0.142. The predicted molar refractivity (Wildman–Crippen MR) is 92.2 cm³/mol. The number of methoxy groups -OCH3 is 1. The molecule has 0 saturated carbocycles. The van der Waals surface area contributed by atoms with Crippen molar-refractivity contribution >= 4 is 59.4 Å². The molecule has 2 aromatic carbocycles. The molecule has 1 amide bonds. The van der Waals surface area contributed by atoms with Gasteiger partial charge in [0.25, 0.3) is 5.91 Å². The van der Waals surface area contributed by atoms with E-state index in [4.69, 9.17) is 4.74 Å². The van der Waals surface area contributed by atoms with Crippen LogP contribution in [-0.2, 0) is 0 Å². The first kappa shape index (κ1) is 16.3. The van der Waals surface area contributed by atoms with E-state index in [9.17, 15) is 9.90 Å². The van der Waals surface area contributed by atoms with Crippen molar-refractivity contribution < 1.29 is 14.6 Å². The highest BCUT2D eigenvalue weighted by atomic mass is 79.9. The summed E-state index contributed by atoms with van der Waals surface area (Å²) in [7, 11) is 1.49. The highest BCUT2D eigenvalue weighted by Gasteiger charge is 2.15. The Balaban J connectivity index is 2.30. The molecule has 0 aromatic heterocycles. The van der Waals surface area contributed by atoms with Crippen LogP contribution < -0.4 is 10.1 Å². The first-order chi connectivity index (χ1) is 9.92. The number of ether oxygens (including phenoxy) is 1. The minimum atomic E-state index is -0.418. The van der Waals surface area contributed by atoms with Crippen LogP contribution in [0.15, 0.2) is 43.7 Å². The third kappa shape index (κ3) is 3.78. The summed E-state index contributed by atoms with van der Waals surface area (Å²) in [5.74, 6) is -0.0786. The average Bonchev–Trinajstić information content (AvgIpc) is 2.42. The summed E-state index contributed by atoms with van der Waals surface area (Å²) in [6.07, 6.45) is 0. The van der Waals surface area contributed by atoms with Gasteiger partial charge in [0.2, 0.25) is 0 Å².